The molecule has 0 spiro atoms. The van der Waals surface area contributed by atoms with E-state index in [9.17, 15) is 0 Å². The second-order valence-electron chi connectivity index (χ2n) is 6.70. The van der Waals surface area contributed by atoms with Crippen molar-refractivity contribution in [1.82, 2.24) is 24.8 Å². The van der Waals surface area contributed by atoms with Gasteiger partial charge in [-0.2, -0.15) is 0 Å². The zero-order valence-corrected chi connectivity index (χ0v) is 15.5. The molecular weight excluding hydrogens is 350 g/mol. The summed E-state index contributed by atoms with van der Waals surface area (Å²) in [6.07, 6.45) is 5.69. The Kier molecular flexibility index (Phi) is 4.80. The van der Waals surface area contributed by atoms with Gasteiger partial charge in [0.05, 0.1) is 41.2 Å². The fraction of sp³-hybridized carbons (Fsp3) is 0.368. The van der Waals surface area contributed by atoms with Crippen molar-refractivity contribution in [3.63, 3.8) is 0 Å². The molecule has 0 saturated carbocycles. The maximum absolute atomic E-state index is 6.26. The van der Waals surface area contributed by atoms with E-state index >= 15 is 0 Å². The van der Waals surface area contributed by atoms with Crippen LogP contribution in [0.1, 0.15) is 19.7 Å². The topological polar surface area (TPSA) is 64.0 Å². The van der Waals surface area contributed by atoms with E-state index in [0.717, 1.165) is 35.5 Å². The number of hydrogen-bond donors (Lipinski definition) is 0. The van der Waals surface area contributed by atoms with Gasteiger partial charge in [-0.05, 0) is 32.0 Å². The summed E-state index contributed by atoms with van der Waals surface area (Å²) in [6, 6.07) is 5.59. The number of rotatable bonds is 3. The number of ether oxygens (including phenoxy) is 1. The van der Waals surface area contributed by atoms with E-state index in [4.69, 9.17) is 21.3 Å². The number of halogens is 1. The molecule has 1 saturated heterocycles. The van der Waals surface area contributed by atoms with Crippen LogP contribution in [-0.4, -0.2) is 50.1 Å². The van der Waals surface area contributed by atoms with Crippen molar-refractivity contribution < 1.29 is 4.74 Å². The fourth-order valence-electron chi connectivity index (χ4n) is 3.37. The number of pyridine rings is 2. The normalized spacial score (nSPS) is 21.2. The van der Waals surface area contributed by atoms with Crippen LogP contribution in [0.3, 0.4) is 0 Å². The molecular formula is C19H20ClN5O. The summed E-state index contributed by atoms with van der Waals surface area (Å²) in [4.78, 5) is 20.3. The predicted octanol–water partition coefficient (Wildman–Crippen LogP) is 3.35. The molecule has 3 aromatic rings. The molecule has 134 valence electrons. The summed E-state index contributed by atoms with van der Waals surface area (Å²) in [5.74, 6) is 0.782. The minimum absolute atomic E-state index is 0.221. The Balaban J connectivity index is 1.63. The highest BCUT2D eigenvalue weighted by Gasteiger charge is 2.22. The second-order valence-corrected chi connectivity index (χ2v) is 7.11. The minimum atomic E-state index is 0.221. The number of aromatic nitrogens is 4. The van der Waals surface area contributed by atoms with Gasteiger partial charge in [-0.15, -0.1) is 0 Å². The van der Waals surface area contributed by atoms with Crippen molar-refractivity contribution in [2.24, 2.45) is 0 Å². The SMILES string of the molecule is CC1CN(Cc2ncc3ncc(-c4ncccc4Cl)cc3n2)CC(C)O1. The molecule has 2 unspecified atom stereocenters. The highest BCUT2D eigenvalue weighted by molar-refractivity contribution is 6.33. The Hall–Kier alpha value is -2.15. The third-order valence-electron chi connectivity index (χ3n) is 4.37. The average Bonchev–Trinajstić information content (AvgIpc) is 2.60. The molecule has 0 amide bonds. The summed E-state index contributed by atoms with van der Waals surface area (Å²) in [6.45, 7) is 6.65. The van der Waals surface area contributed by atoms with Crippen molar-refractivity contribution in [2.75, 3.05) is 13.1 Å². The lowest BCUT2D eigenvalue weighted by Gasteiger charge is -2.34. The zero-order valence-electron chi connectivity index (χ0n) is 14.8. The zero-order chi connectivity index (χ0) is 18.1. The molecule has 4 heterocycles. The van der Waals surface area contributed by atoms with Gasteiger partial charge < -0.3 is 4.74 Å². The van der Waals surface area contributed by atoms with Gasteiger partial charge in [-0.3, -0.25) is 14.9 Å². The molecule has 1 fully saturated rings. The highest BCUT2D eigenvalue weighted by Crippen LogP contribution is 2.26. The van der Waals surface area contributed by atoms with Crippen LogP contribution in [0, 0.1) is 0 Å². The first-order chi connectivity index (χ1) is 12.6. The average molecular weight is 370 g/mol. The minimum Gasteiger partial charge on any atom is -0.373 e. The lowest BCUT2D eigenvalue weighted by atomic mass is 10.1. The van der Waals surface area contributed by atoms with Gasteiger partial charge in [0.2, 0.25) is 0 Å². The first-order valence-corrected chi connectivity index (χ1v) is 9.06. The maximum atomic E-state index is 6.26. The van der Waals surface area contributed by atoms with Crippen molar-refractivity contribution >= 4 is 22.6 Å². The van der Waals surface area contributed by atoms with Crippen LogP contribution in [0.25, 0.3) is 22.3 Å². The number of hydrogen-bond acceptors (Lipinski definition) is 6. The quantitative estimate of drug-likeness (QED) is 0.705. The third kappa shape index (κ3) is 3.67. The van der Waals surface area contributed by atoms with Gasteiger partial charge in [-0.1, -0.05) is 11.6 Å². The summed E-state index contributed by atoms with van der Waals surface area (Å²) >= 11 is 6.26. The summed E-state index contributed by atoms with van der Waals surface area (Å²) < 4.78 is 5.79. The molecule has 0 aliphatic carbocycles. The molecule has 1 aliphatic rings. The van der Waals surface area contributed by atoms with Crippen molar-refractivity contribution in [3.05, 3.63) is 47.6 Å². The van der Waals surface area contributed by atoms with Gasteiger partial charge >= 0.3 is 0 Å². The first kappa shape index (κ1) is 17.3. The molecule has 4 rings (SSSR count). The van der Waals surface area contributed by atoms with Crippen molar-refractivity contribution in [3.8, 4) is 11.3 Å². The van der Waals surface area contributed by atoms with Crippen molar-refractivity contribution in [1.29, 1.82) is 0 Å². The molecule has 6 nitrogen and oxygen atoms in total. The number of fused-ring (bicyclic) bond motifs is 1. The monoisotopic (exact) mass is 369 g/mol. The molecule has 7 heteroatoms. The van der Waals surface area contributed by atoms with E-state index in [2.05, 4.69) is 33.7 Å². The van der Waals surface area contributed by atoms with Crippen LogP contribution in [0.4, 0.5) is 0 Å². The first-order valence-electron chi connectivity index (χ1n) is 8.69. The molecule has 0 bridgehead atoms. The van der Waals surface area contributed by atoms with Gasteiger partial charge in [-0.25, -0.2) is 9.97 Å². The Labute approximate surface area is 157 Å². The lowest BCUT2D eigenvalue weighted by molar-refractivity contribution is -0.0710. The van der Waals surface area contributed by atoms with E-state index in [1.165, 1.54) is 0 Å². The standard InChI is InChI=1S/C19H20ClN5O/c1-12-9-25(10-13(2)26-12)11-18-23-8-17-16(24-18)6-14(7-22-17)19-15(20)4-3-5-21-19/h3-8,12-13H,9-11H2,1-2H3. The van der Waals surface area contributed by atoms with E-state index in [0.29, 0.717) is 17.3 Å². The molecule has 1 aliphatic heterocycles. The Bertz CT molecular complexity index is 925. The van der Waals surface area contributed by atoms with Crippen LogP contribution in [0.2, 0.25) is 5.02 Å². The number of morpholine rings is 1. The number of nitrogens with zero attached hydrogens (tertiary/aromatic N) is 5. The summed E-state index contributed by atoms with van der Waals surface area (Å²) in [5.41, 5.74) is 3.11. The van der Waals surface area contributed by atoms with Crippen LogP contribution < -0.4 is 0 Å². The Morgan fingerprint density at radius 1 is 1.12 bits per heavy atom. The molecule has 0 N–H and O–H groups in total. The smallest absolute Gasteiger partial charge is 0.143 e. The summed E-state index contributed by atoms with van der Waals surface area (Å²) in [5, 5.41) is 0.597. The van der Waals surface area contributed by atoms with E-state index in [1.807, 2.05) is 18.2 Å². The largest absolute Gasteiger partial charge is 0.373 e. The predicted molar refractivity (Wildman–Crippen MR) is 101 cm³/mol. The maximum Gasteiger partial charge on any atom is 0.143 e. The van der Waals surface area contributed by atoms with Gasteiger partial charge in [0.15, 0.2) is 0 Å². The van der Waals surface area contributed by atoms with Crippen LogP contribution in [-0.2, 0) is 11.3 Å². The third-order valence-corrected chi connectivity index (χ3v) is 4.68. The van der Waals surface area contributed by atoms with Gasteiger partial charge in [0, 0.05) is 31.0 Å². The van der Waals surface area contributed by atoms with Crippen molar-refractivity contribution in [2.45, 2.75) is 32.6 Å². The van der Waals surface area contributed by atoms with Gasteiger partial charge in [0.1, 0.15) is 11.3 Å². The Morgan fingerprint density at radius 2 is 1.92 bits per heavy atom. The highest BCUT2D eigenvalue weighted by atomic mass is 35.5. The molecule has 0 radical (unpaired) electrons. The molecule has 3 aromatic heterocycles. The Morgan fingerprint density at radius 3 is 2.69 bits per heavy atom. The van der Waals surface area contributed by atoms with E-state index < -0.39 is 0 Å². The van der Waals surface area contributed by atoms with Crippen LogP contribution in [0.15, 0.2) is 36.8 Å². The lowest BCUT2D eigenvalue weighted by Crippen LogP contribution is -2.45. The molecule has 2 atom stereocenters. The molecule has 0 aromatic carbocycles. The van der Waals surface area contributed by atoms with E-state index in [1.54, 1.807) is 18.6 Å². The van der Waals surface area contributed by atoms with Crippen LogP contribution in [0.5, 0.6) is 0 Å². The summed E-state index contributed by atoms with van der Waals surface area (Å²) in [7, 11) is 0. The van der Waals surface area contributed by atoms with E-state index in [-0.39, 0.29) is 12.2 Å². The molecule has 26 heavy (non-hydrogen) atoms. The fourth-order valence-corrected chi connectivity index (χ4v) is 3.60. The van der Waals surface area contributed by atoms with Gasteiger partial charge in [0.25, 0.3) is 0 Å². The van der Waals surface area contributed by atoms with Crippen LogP contribution >= 0.6 is 11.6 Å². The second kappa shape index (κ2) is 7.23.